The standard InChI is InChI=1S/C18H22F3N3O6/c1-11(30-16(26)6-4-3-5-9-22-12(2)25)17(27)23-15-8-7-13(24(28)29)10-14(15)18(19,20)21/h7-8,10-11H,3-6,9H2,1-2H3,(H,22,25)(H,23,27). The number of nitrogens with zero attached hydrogens (tertiary/aromatic N) is 1. The summed E-state index contributed by atoms with van der Waals surface area (Å²) in [6.07, 6.45) is -4.56. The Balaban J connectivity index is 2.60. The molecule has 0 spiro atoms. The van der Waals surface area contributed by atoms with Gasteiger partial charge < -0.3 is 15.4 Å². The average Bonchev–Trinajstić information content (AvgIpc) is 2.63. The molecule has 1 aromatic carbocycles. The van der Waals surface area contributed by atoms with Crippen molar-refractivity contribution in [3.8, 4) is 0 Å². The van der Waals surface area contributed by atoms with Crippen LogP contribution < -0.4 is 10.6 Å². The number of halogens is 3. The van der Waals surface area contributed by atoms with Gasteiger partial charge in [0.1, 0.15) is 0 Å². The number of alkyl halides is 3. The average molecular weight is 433 g/mol. The molecule has 0 saturated heterocycles. The molecule has 2 amide bonds. The zero-order valence-corrected chi connectivity index (χ0v) is 16.4. The highest BCUT2D eigenvalue weighted by molar-refractivity contribution is 5.96. The molecule has 1 unspecified atom stereocenters. The van der Waals surface area contributed by atoms with Crippen LogP contribution in [0.4, 0.5) is 24.5 Å². The highest BCUT2D eigenvalue weighted by Gasteiger charge is 2.36. The molecular formula is C18H22F3N3O6. The number of nitro groups is 1. The van der Waals surface area contributed by atoms with Crippen molar-refractivity contribution in [2.45, 2.75) is 51.8 Å². The molecule has 0 radical (unpaired) electrons. The van der Waals surface area contributed by atoms with Crippen LogP contribution >= 0.6 is 0 Å². The fourth-order valence-electron chi connectivity index (χ4n) is 2.37. The lowest BCUT2D eigenvalue weighted by Crippen LogP contribution is -2.30. The summed E-state index contributed by atoms with van der Waals surface area (Å²) in [5.41, 5.74) is -2.85. The maximum atomic E-state index is 13.1. The summed E-state index contributed by atoms with van der Waals surface area (Å²) in [6, 6.07) is 1.90. The zero-order chi connectivity index (χ0) is 22.9. The van der Waals surface area contributed by atoms with E-state index in [2.05, 4.69) is 5.32 Å². The van der Waals surface area contributed by atoms with Crippen LogP contribution in [0.3, 0.4) is 0 Å². The van der Waals surface area contributed by atoms with Crippen LogP contribution in [-0.4, -0.2) is 35.4 Å². The van der Waals surface area contributed by atoms with Crippen LogP contribution in [0, 0.1) is 10.1 Å². The van der Waals surface area contributed by atoms with Gasteiger partial charge in [0.05, 0.1) is 16.2 Å². The Morgan fingerprint density at radius 3 is 2.43 bits per heavy atom. The molecule has 166 valence electrons. The van der Waals surface area contributed by atoms with Gasteiger partial charge in [-0.25, -0.2) is 0 Å². The van der Waals surface area contributed by atoms with Crippen molar-refractivity contribution in [1.29, 1.82) is 0 Å². The molecule has 0 bridgehead atoms. The number of carbonyl (C=O) groups is 3. The fraction of sp³-hybridized carbons (Fsp3) is 0.500. The second kappa shape index (κ2) is 11.1. The lowest BCUT2D eigenvalue weighted by Gasteiger charge is -2.17. The predicted octanol–water partition coefficient (Wildman–Crippen LogP) is 3.18. The van der Waals surface area contributed by atoms with E-state index in [0.717, 1.165) is 12.1 Å². The van der Waals surface area contributed by atoms with E-state index < -0.39 is 46.0 Å². The molecule has 30 heavy (non-hydrogen) atoms. The van der Waals surface area contributed by atoms with Crippen molar-refractivity contribution >= 4 is 29.2 Å². The Labute approximate surface area is 170 Å². The normalized spacial score (nSPS) is 12.0. The lowest BCUT2D eigenvalue weighted by atomic mass is 10.1. The molecule has 2 N–H and O–H groups in total. The number of non-ortho nitro benzene ring substituents is 1. The van der Waals surface area contributed by atoms with E-state index in [1.54, 1.807) is 0 Å². The second-order valence-corrected chi connectivity index (χ2v) is 6.40. The van der Waals surface area contributed by atoms with E-state index in [0.29, 0.717) is 31.9 Å². The highest BCUT2D eigenvalue weighted by atomic mass is 19.4. The van der Waals surface area contributed by atoms with Crippen molar-refractivity contribution in [2.24, 2.45) is 0 Å². The summed E-state index contributed by atoms with van der Waals surface area (Å²) in [4.78, 5) is 44.3. The van der Waals surface area contributed by atoms with E-state index in [-0.39, 0.29) is 12.3 Å². The number of nitrogens with one attached hydrogen (secondary N) is 2. The molecule has 1 atom stereocenters. The summed E-state index contributed by atoms with van der Waals surface area (Å²) < 4.78 is 44.3. The van der Waals surface area contributed by atoms with Crippen LogP contribution in [0.1, 0.15) is 45.1 Å². The van der Waals surface area contributed by atoms with Gasteiger partial charge in [0.2, 0.25) is 5.91 Å². The molecule has 0 aliphatic carbocycles. The van der Waals surface area contributed by atoms with Gasteiger partial charge in [-0.15, -0.1) is 0 Å². The first-order valence-electron chi connectivity index (χ1n) is 9.02. The monoisotopic (exact) mass is 433 g/mol. The molecule has 0 heterocycles. The summed E-state index contributed by atoms with van der Waals surface area (Å²) >= 11 is 0. The Hall–Kier alpha value is -3.18. The summed E-state index contributed by atoms with van der Waals surface area (Å²) in [5, 5.41) is 15.3. The fourth-order valence-corrected chi connectivity index (χ4v) is 2.37. The quantitative estimate of drug-likeness (QED) is 0.252. The number of unbranched alkanes of at least 4 members (excludes halogenated alkanes) is 2. The third-order valence-electron chi connectivity index (χ3n) is 3.89. The Morgan fingerprint density at radius 2 is 1.87 bits per heavy atom. The van der Waals surface area contributed by atoms with Gasteiger partial charge in [-0.1, -0.05) is 6.42 Å². The topological polar surface area (TPSA) is 128 Å². The van der Waals surface area contributed by atoms with Gasteiger partial charge in [-0.3, -0.25) is 24.5 Å². The van der Waals surface area contributed by atoms with Gasteiger partial charge in [0.25, 0.3) is 11.6 Å². The third-order valence-corrected chi connectivity index (χ3v) is 3.89. The number of esters is 1. The van der Waals surface area contributed by atoms with E-state index in [1.807, 2.05) is 5.32 Å². The minimum absolute atomic E-state index is 0.00300. The van der Waals surface area contributed by atoms with Crippen molar-refractivity contribution in [1.82, 2.24) is 5.32 Å². The predicted molar refractivity (Wildman–Crippen MR) is 99.4 cm³/mol. The van der Waals surface area contributed by atoms with Crippen LogP contribution in [-0.2, 0) is 25.3 Å². The first-order valence-corrected chi connectivity index (χ1v) is 9.02. The minimum Gasteiger partial charge on any atom is -0.453 e. The smallest absolute Gasteiger partial charge is 0.418 e. The van der Waals surface area contributed by atoms with E-state index >= 15 is 0 Å². The maximum Gasteiger partial charge on any atom is 0.418 e. The van der Waals surface area contributed by atoms with Crippen molar-refractivity contribution in [3.05, 3.63) is 33.9 Å². The second-order valence-electron chi connectivity index (χ2n) is 6.40. The van der Waals surface area contributed by atoms with E-state index in [4.69, 9.17) is 4.74 Å². The van der Waals surface area contributed by atoms with Crippen molar-refractivity contribution in [3.63, 3.8) is 0 Å². The zero-order valence-electron chi connectivity index (χ0n) is 16.4. The first-order chi connectivity index (χ1) is 13.9. The van der Waals surface area contributed by atoms with Crippen LogP contribution in [0.25, 0.3) is 0 Å². The molecule has 12 heteroatoms. The van der Waals surface area contributed by atoms with Gasteiger partial charge in [0.15, 0.2) is 6.10 Å². The van der Waals surface area contributed by atoms with Crippen LogP contribution in [0.15, 0.2) is 18.2 Å². The number of hydrogen-bond donors (Lipinski definition) is 2. The van der Waals surface area contributed by atoms with E-state index in [9.17, 15) is 37.7 Å². The SMILES string of the molecule is CC(=O)NCCCCCC(=O)OC(C)C(=O)Nc1ccc([N+](=O)[O-])cc1C(F)(F)F. The number of anilines is 1. The van der Waals surface area contributed by atoms with Crippen LogP contribution in [0.2, 0.25) is 0 Å². The molecule has 9 nitrogen and oxygen atoms in total. The maximum absolute atomic E-state index is 13.1. The molecule has 0 aliphatic rings. The Bertz CT molecular complexity index is 798. The third kappa shape index (κ3) is 8.45. The molecule has 0 saturated carbocycles. The number of rotatable bonds is 10. The Kier molecular flexibility index (Phi) is 9.21. The van der Waals surface area contributed by atoms with Gasteiger partial charge in [-0.05, 0) is 25.8 Å². The summed E-state index contributed by atoms with van der Waals surface area (Å²) in [5.74, 6) is -1.86. The van der Waals surface area contributed by atoms with Gasteiger partial charge in [-0.2, -0.15) is 13.2 Å². The van der Waals surface area contributed by atoms with Crippen molar-refractivity contribution in [2.75, 3.05) is 11.9 Å². The lowest BCUT2D eigenvalue weighted by molar-refractivity contribution is -0.385. The van der Waals surface area contributed by atoms with Gasteiger partial charge >= 0.3 is 12.1 Å². The number of hydrogen-bond acceptors (Lipinski definition) is 6. The molecule has 1 rings (SSSR count). The van der Waals surface area contributed by atoms with E-state index in [1.165, 1.54) is 13.8 Å². The molecule has 1 aromatic rings. The number of carbonyl (C=O) groups excluding carboxylic acids is 3. The van der Waals surface area contributed by atoms with Gasteiger partial charge in [0, 0.05) is 32.0 Å². The molecule has 0 fully saturated rings. The molecule has 0 aliphatic heterocycles. The molecular weight excluding hydrogens is 411 g/mol. The summed E-state index contributed by atoms with van der Waals surface area (Å²) in [7, 11) is 0. The number of amides is 2. The Morgan fingerprint density at radius 1 is 1.20 bits per heavy atom. The van der Waals surface area contributed by atoms with Crippen molar-refractivity contribution < 1.29 is 37.2 Å². The molecule has 0 aromatic heterocycles. The number of nitro benzene ring substituents is 1. The first kappa shape index (κ1) is 24.9. The number of benzene rings is 1. The largest absolute Gasteiger partial charge is 0.453 e. The number of ether oxygens (including phenoxy) is 1. The van der Waals surface area contributed by atoms with Crippen LogP contribution in [0.5, 0.6) is 0 Å². The minimum atomic E-state index is -4.94. The highest BCUT2D eigenvalue weighted by Crippen LogP contribution is 2.37. The summed E-state index contributed by atoms with van der Waals surface area (Å²) in [6.45, 7) is 3.06.